The van der Waals surface area contributed by atoms with Crippen LogP contribution < -0.4 is 19.9 Å². The van der Waals surface area contributed by atoms with E-state index in [-0.39, 0.29) is 6.61 Å². The van der Waals surface area contributed by atoms with Gasteiger partial charge in [-0.3, -0.25) is 0 Å². The number of hydrogen-bond donors (Lipinski definition) is 2. The number of aliphatic hydroxyl groups excluding tert-OH is 1. The van der Waals surface area contributed by atoms with Gasteiger partial charge in [0.05, 0.1) is 39.0 Å². The highest BCUT2D eigenvalue weighted by atomic mass is 35.5. The molecule has 0 fully saturated rings. The molecule has 0 aliphatic rings. The van der Waals surface area contributed by atoms with Gasteiger partial charge < -0.3 is 25.1 Å². The number of rotatable bonds is 5. The summed E-state index contributed by atoms with van der Waals surface area (Å²) < 4.78 is 15.5. The first-order valence-electron chi connectivity index (χ1n) is 4.95. The molecular formula is C11H16ClNO4. The van der Waals surface area contributed by atoms with Crippen LogP contribution in [-0.4, -0.2) is 33.0 Å². The van der Waals surface area contributed by atoms with Crippen molar-refractivity contribution in [3.63, 3.8) is 0 Å². The van der Waals surface area contributed by atoms with Crippen LogP contribution in [0.15, 0.2) is 6.07 Å². The Kier molecular flexibility index (Phi) is 4.86. The fourth-order valence-corrected chi connectivity index (χ4v) is 1.90. The van der Waals surface area contributed by atoms with E-state index in [1.807, 2.05) is 0 Å². The lowest BCUT2D eigenvalue weighted by molar-refractivity contribution is 0.262. The molecule has 6 heteroatoms. The second-order valence-electron chi connectivity index (χ2n) is 3.33. The highest BCUT2D eigenvalue weighted by molar-refractivity contribution is 6.33. The molecule has 0 saturated heterocycles. The van der Waals surface area contributed by atoms with Gasteiger partial charge in [-0.1, -0.05) is 11.6 Å². The van der Waals surface area contributed by atoms with E-state index in [1.165, 1.54) is 21.3 Å². The molecule has 1 atom stereocenters. The van der Waals surface area contributed by atoms with Gasteiger partial charge in [0.25, 0.3) is 0 Å². The van der Waals surface area contributed by atoms with Crippen molar-refractivity contribution in [2.75, 3.05) is 27.9 Å². The second-order valence-corrected chi connectivity index (χ2v) is 3.71. The summed E-state index contributed by atoms with van der Waals surface area (Å²) in [7, 11) is 4.47. The van der Waals surface area contributed by atoms with Crippen LogP contribution in [0.4, 0.5) is 0 Å². The Hall–Kier alpha value is -1.17. The number of nitrogens with two attached hydrogens (primary N) is 1. The number of aliphatic hydroxyl groups is 1. The topological polar surface area (TPSA) is 73.9 Å². The van der Waals surface area contributed by atoms with Gasteiger partial charge in [0.2, 0.25) is 0 Å². The van der Waals surface area contributed by atoms with E-state index in [4.69, 9.17) is 36.7 Å². The maximum absolute atomic E-state index is 9.14. The van der Waals surface area contributed by atoms with E-state index < -0.39 is 6.04 Å². The fourth-order valence-electron chi connectivity index (χ4n) is 1.55. The van der Waals surface area contributed by atoms with Gasteiger partial charge in [0, 0.05) is 11.6 Å². The van der Waals surface area contributed by atoms with Gasteiger partial charge in [-0.05, 0) is 0 Å². The van der Waals surface area contributed by atoms with Gasteiger partial charge in [-0.25, -0.2) is 0 Å². The van der Waals surface area contributed by atoms with E-state index in [1.54, 1.807) is 6.07 Å². The largest absolute Gasteiger partial charge is 0.495 e. The number of methoxy groups -OCH3 is 3. The van der Waals surface area contributed by atoms with Crippen LogP contribution in [0.5, 0.6) is 17.2 Å². The van der Waals surface area contributed by atoms with Crippen molar-refractivity contribution in [3.05, 3.63) is 16.7 Å². The molecule has 1 unspecified atom stereocenters. The first-order valence-corrected chi connectivity index (χ1v) is 5.33. The van der Waals surface area contributed by atoms with E-state index in [0.717, 1.165) is 0 Å². The predicted octanol–water partition coefficient (Wildman–Crippen LogP) is 1.36. The maximum Gasteiger partial charge on any atom is 0.167 e. The van der Waals surface area contributed by atoms with Crippen LogP contribution in [-0.2, 0) is 0 Å². The summed E-state index contributed by atoms with van der Waals surface area (Å²) in [5, 5.41) is 9.45. The van der Waals surface area contributed by atoms with E-state index in [0.29, 0.717) is 27.8 Å². The summed E-state index contributed by atoms with van der Waals surface area (Å²) in [6.45, 7) is -0.258. The van der Waals surface area contributed by atoms with Crippen molar-refractivity contribution in [2.24, 2.45) is 5.73 Å². The van der Waals surface area contributed by atoms with Crippen molar-refractivity contribution >= 4 is 11.6 Å². The smallest absolute Gasteiger partial charge is 0.167 e. The summed E-state index contributed by atoms with van der Waals surface area (Å²) in [6, 6.07) is 0.941. The zero-order chi connectivity index (χ0) is 13.0. The van der Waals surface area contributed by atoms with Crippen LogP contribution in [0, 0.1) is 0 Å². The Bertz CT molecular complexity index is 398. The molecule has 3 N–H and O–H groups in total. The lowest BCUT2D eigenvalue weighted by Crippen LogP contribution is -2.17. The van der Waals surface area contributed by atoms with Crippen molar-refractivity contribution in [3.8, 4) is 17.2 Å². The highest BCUT2D eigenvalue weighted by Gasteiger charge is 2.23. The zero-order valence-corrected chi connectivity index (χ0v) is 10.7. The third-order valence-electron chi connectivity index (χ3n) is 2.39. The molecule has 0 spiro atoms. The lowest BCUT2D eigenvalue weighted by Gasteiger charge is -2.19. The van der Waals surface area contributed by atoms with Crippen molar-refractivity contribution in [2.45, 2.75) is 6.04 Å². The minimum atomic E-state index is -0.665. The molecule has 5 nitrogen and oxygen atoms in total. The van der Waals surface area contributed by atoms with E-state index in [2.05, 4.69) is 0 Å². The SMILES string of the molecule is COc1cc(OC)c(OC)c(C(N)CO)c1Cl. The molecule has 0 amide bonds. The van der Waals surface area contributed by atoms with Gasteiger partial charge in [-0.15, -0.1) is 0 Å². The monoisotopic (exact) mass is 261 g/mol. The minimum Gasteiger partial charge on any atom is -0.495 e. The van der Waals surface area contributed by atoms with Gasteiger partial charge in [0.1, 0.15) is 5.75 Å². The van der Waals surface area contributed by atoms with Gasteiger partial charge in [0.15, 0.2) is 11.5 Å². The van der Waals surface area contributed by atoms with Crippen molar-refractivity contribution < 1.29 is 19.3 Å². The molecule has 0 aromatic heterocycles. The Morgan fingerprint density at radius 3 is 2.24 bits per heavy atom. The van der Waals surface area contributed by atoms with E-state index >= 15 is 0 Å². The molecule has 0 aliphatic carbocycles. The molecular weight excluding hydrogens is 246 g/mol. The summed E-state index contributed by atoms with van der Waals surface area (Å²) in [5.41, 5.74) is 6.26. The Morgan fingerprint density at radius 1 is 1.24 bits per heavy atom. The summed E-state index contributed by atoms with van der Waals surface area (Å²) in [6.07, 6.45) is 0. The molecule has 0 heterocycles. The number of ether oxygens (including phenoxy) is 3. The van der Waals surface area contributed by atoms with Crippen molar-refractivity contribution in [1.82, 2.24) is 0 Å². The molecule has 17 heavy (non-hydrogen) atoms. The number of hydrogen-bond acceptors (Lipinski definition) is 5. The molecule has 0 radical (unpaired) electrons. The van der Waals surface area contributed by atoms with Crippen LogP contribution in [0.1, 0.15) is 11.6 Å². The van der Waals surface area contributed by atoms with Crippen LogP contribution >= 0.6 is 11.6 Å². The quantitative estimate of drug-likeness (QED) is 0.837. The summed E-state index contributed by atoms with van der Waals surface area (Å²) in [4.78, 5) is 0. The van der Waals surface area contributed by atoms with Crippen LogP contribution in [0.25, 0.3) is 0 Å². The summed E-state index contributed by atoms with van der Waals surface area (Å²) in [5.74, 6) is 1.27. The lowest BCUT2D eigenvalue weighted by atomic mass is 10.1. The molecule has 0 saturated carbocycles. The second kappa shape index (κ2) is 5.95. The predicted molar refractivity (Wildman–Crippen MR) is 65.1 cm³/mol. The Morgan fingerprint density at radius 2 is 1.82 bits per heavy atom. The zero-order valence-electron chi connectivity index (χ0n) is 9.99. The third kappa shape index (κ3) is 2.57. The van der Waals surface area contributed by atoms with Gasteiger partial charge >= 0.3 is 0 Å². The van der Waals surface area contributed by atoms with Gasteiger partial charge in [-0.2, -0.15) is 0 Å². The molecule has 96 valence electrons. The molecule has 1 rings (SSSR count). The molecule has 0 bridgehead atoms. The fraction of sp³-hybridized carbons (Fsp3) is 0.455. The molecule has 1 aromatic rings. The first kappa shape index (κ1) is 13.9. The Labute approximate surface area is 105 Å². The molecule has 1 aromatic carbocycles. The van der Waals surface area contributed by atoms with Crippen LogP contribution in [0.3, 0.4) is 0 Å². The Balaban J connectivity index is 3.49. The highest BCUT2D eigenvalue weighted by Crippen LogP contribution is 2.44. The molecule has 0 aliphatic heterocycles. The average Bonchev–Trinajstić information content (AvgIpc) is 2.36. The normalized spacial score (nSPS) is 12.1. The standard InChI is InChI=1S/C11H16ClNO4/c1-15-7-4-8(16-2)11(17-3)9(10(7)12)6(13)5-14/h4,6,14H,5,13H2,1-3H3. The average molecular weight is 262 g/mol. The van der Waals surface area contributed by atoms with Crippen molar-refractivity contribution in [1.29, 1.82) is 0 Å². The van der Waals surface area contributed by atoms with Crippen LogP contribution in [0.2, 0.25) is 5.02 Å². The maximum atomic E-state index is 9.14. The first-order chi connectivity index (χ1) is 8.10. The third-order valence-corrected chi connectivity index (χ3v) is 2.78. The van der Waals surface area contributed by atoms with E-state index in [9.17, 15) is 0 Å². The summed E-state index contributed by atoms with van der Waals surface area (Å²) >= 11 is 6.14. The number of halogens is 1. The minimum absolute atomic E-state index is 0.258. The number of benzene rings is 1.